The van der Waals surface area contributed by atoms with E-state index in [0.717, 1.165) is 17.5 Å². The lowest BCUT2D eigenvalue weighted by Crippen LogP contribution is -2.15. The molecule has 0 bridgehead atoms. The molecule has 0 aliphatic heterocycles. The number of hydrogen-bond acceptors (Lipinski definition) is 1. The molecule has 0 saturated heterocycles. The highest BCUT2D eigenvalue weighted by atomic mass is 35.5. The van der Waals surface area contributed by atoms with Gasteiger partial charge in [0.1, 0.15) is 0 Å². The monoisotopic (exact) mass is 478 g/mol. The summed E-state index contributed by atoms with van der Waals surface area (Å²) in [7, 11) is -2.75. The molecule has 2 aromatic rings. The molecule has 0 amide bonds. The molecule has 0 spiro atoms. The quantitative estimate of drug-likeness (QED) is 0.361. The van der Waals surface area contributed by atoms with Crippen LogP contribution in [0.25, 0.3) is 0 Å². The van der Waals surface area contributed by atoms with Gasteiger partial charge in [-0.3, -0.25) is 0 Å². The first-order chi connectivity index (χ1) is 12.9. The molecule has 1 nitrogen and oxygen atoms in total. The standard InChI is InChI=1S/C22H27Cl4OP/c1-15(11-22(2,3)4)12-28(27,13-16-18(23)7-5-8-19(16)24)14-17-20(25)9-6-10-21(17)26/h5-10,15H,11-14H2,1-4H3. The van der Waals surface area contributed by atoms with E-state index in [4.69, 9.17) is 46.4 Å². The summed E-state index contributed by atoms with van der Waals surface area (Å²) in [5, 5.41) is 2.17. The van der Waals surface area contributed by atoms with E-state index in [1.54, 1.807) is 36.4 Å². The van der Waals surface area contributed by atoms with Crippen molar-refractivity contribution in [2.24, 2.45) is 11.3 Å². The van der Waals surface area contributed by atoms with E-state index in [1.165, 1.54) is 0 Å². The van der Waals surface area contributed by atoms with Crippen LogP contribution in [0.3, 0.4) is 0 Å². The van der Waals surface area contributed by atoms with E-state index in [1.807, 2.05) is 0 Å². The molecule has 0 N–H and O–H groups in total. The Morgan fingerprint density at radius 1 is 0.821 bits per heavy atom. The van der Waals surface area contributed by atoms with Crippen molar-refractivity contribution in [3.63, 3.8) is 0 Å². The molecular formula is C22H27Cl4OP. The van der Waals surface area contributed by atoms with Crippen molar-refractivity contribution < 1.29 is 4.57 Å². The molecule has 0 aliphatic rings. The molecule has 154 valence electrons. The highest BCUT2D eigenvalue weighted by Crippen LogP contribution is 2.57. The summed E-state index contributed by atoms with van der Waals surface area (Å²) < 4.78 is 14.2. The highest BCUT2D eigenvalue weighted by Gasteiger charge is 2.30. The van der Waals surface area contributed by atoms with Crippen LogP contribution in [0.1, 0.15) is 45.2 Å². The zero-order chi connectivity index (χ0) is 21.1. The van der Waals surface area contributed by atoms with Crippen LogP contribution in [0.4, 0.5) is 0 Å². The molecule has 0 heterocycles. The molecule has 1 unspecified atom stereocenters. The molecule has 0 fully saturated rings. The fourth-order valence-electron chi connectivity index (χ4n) is 3.81. The minimum absolute atomic E-state index is 0.161. The predicted molar refractivity (Wildman–Crippen MR) is 126 cm³/mol. The number of halogens is 4. The second-order valence-electron chi connectivity index (χ2n) is 8.83. The van der Waals surface area contributed by atoms with Crippen LogP contribution in [-0.2, 0) is 16.9 Å². The molecule has 28 heavy (non-hydrogen) atoms. The fraction of sp³-hybridized carbons (Fsp3) is 0.455. The average Bonchev–Trinajstić information content (AvgIpc) is 2.53. The van der Waals surface area contributed by atoms with Crippen molar-refractivity contribution >= 4 is 53.5 Å². The van der Waals surface area contributed by atoms with Crippen molar-refractivity contribution in [1.82, 2.24) is 0 Å². The third kappa shape index (κ3) is 6.96. The lowest BCUT2D eigenvalue weighted by atomic mass is 9.86. The summed E-state index contributed by atoms with van der Waals surface area (Å²) >= 11 is 25.5. The second-order valence-corrected chi connectivity index (χ2v) is 13.6. The zero-order valence-electron chi connectivity index (χ0n) is 16.7. The Hall–Kier alpha value is -0.170. The molecule has 2 aromatic carbocycles. The van der Waals surface area contributed by atoms with Crippen molar-refractivity contribution in [3.05, 3.63) is 67.6 Å². The molecule has 0 radical (unpaired) electrons. The summed E-state index contributed by atoms with van der Waals surface area (Å²) in [6, 6.07) is 10.7. The van der Waals surface area contributed by atoms with Crippen LogP contribution in [-0.4, -0.2) is 6.16 Å². The van der Waals surface area contributed by atoms with Gasteiger partial charge in [0.05, 0.1) is 7.14 Å². The van der Waals surface area contributed by atoms with Crippen LogP contribution in [0.15, 0.2) is 36.4 Å². The maximum Gasteiger partial charge on any atom is 0.0965 e. The van der Waals surface area contributed by atoms with Crippen LogP contribution in [0, 0.1) is 11.3 Å². The first-order valence-corrected chi connectivity index (χ1v) is 13.1. The van der Waals surface area contributed by atoms with Gasteiger partial charge in [0, 0.05) is 38.6 Å². The number of hydrogen-bond donors (Lipinski definition) is 0. The zero-order valence-corrected chi connectivity index (χ0v) is 20.7. The summed E-state index contributed by atoms with van der Waals surface area (Å²) in [6.07, 6.45) is 2.24. The molecule has 0 aromatic heterocycles. The smallest absolute Gasteiger partial charge is 0.0965 e. The van der Waals surface area contributed by atoms with Crippen molar-refractivity contribution in [2.75, 3.05) is 6.16 Å². The predicted octanol–water partition coefficient (Wildman–Crippen LogP) is 9.44. The molecule has 0 aliphatic carbocycles. The normalized spacial score (nSPS) is 13.6. The summed E-state index contributed by atoms with van der Waals surface area (Å²) in [5.74, 6) is 0.286. The molecule has 6 heteroatoms. The van der Waals surface area contributed by atoms with Crippen molar-refractivity contribution in [1.29, 1.82) is 0 Å². The first kappa shape index (κ1) is 24.1. The number of rotatable bonds is 7. The Balaban J connectivity index is 2.41. The molecule has 0 saturated carbocycles. The molecular weight excluding hydrogens is 453 g/mol. The fourth-order valence-corrected chi connectivity index (χ4v) is 8.71. The van der Waals surface area contributed by atoms with Gasteiger partial charge in [-0.25, -0.2) is 0 Å². The Morgan fingerprint density at radius 2 is 1.18 bits per heavy atom. The third-order valence-corrected chi connectivity index (χ3v) is 9.11. The summed E-state index contributed by atoms with van der Waals surface area (Å²) in [4.78, 5) is 0. The molecule has 1 atom stereocenters. The van der Waals surface area contributed by atoms with Gasteiger partial charge in [-0.2, -0.15) is 0 Å². The summed E-state index contributed by atoms with van der Waals surface area (Å²) in [5.41, 5.74) is 1.63. The van der Waals surface area contributed by atoms with Gasteiger partial charge in [0.2, 0.25) is 0 Å². The Morgan fingerprint density at radius 3 is 1.50 bits per heavy atom. The van der Waals surface area contributed by atoms with Crippen molar-refractivity contribution in [2.45, 2.75) is 46.4 Å². The van der Waals surface area contributed by atoms with E-state index < -0.39 is 7.14 Å². The average molecular weight is 480 g/mol. The topological polar surface area (TPSA) is 17.1 Å². The largest absolute Gasteiger partial charge is 0.323 e. The van der Waals surface area contributed by atoms with Gasteiger partial charge < -0.3 is 4.57 Å². The highest BCUT2D eigenvalue weighted by molar-refractivity contribution is 7.62. The lowest BCUT2D eigenvalue weighted by molar-refractivity contribution is 0.321. The Labute approximate surface area is 189 Å². The van der Waals surface area contributed by atoms with E-state index in [2.05, 4.69) is 27.7 Å². The SMILES string of the molecule is CC(CC(C)(C)C)CP(=O)(Cc1c(Cl)cccc1Cl)Cc1c(Cl)cccc1Cl. The second kappa shape index (κ2) is 9.76. The maximum atomic E-state index is 14.2. The van der Waals surface area contributed by atoms with Gasteiger partial charge in [0.15, 0.2) is 0 Å². The van der Waals surface area contributed by atoms with E-state index >= 15 is 0 Å². The number of benzene rings is 2. The van der Waals surface area contributed by atoms with Gasteiger partial charge in [0.25, 0.3) is 0 Å². The van der Waals surface area contributed by atoms with E-state index in [9.17, 15) is 4.57 Å². The summed E-state index contributed by atoms with van der Waals surface area (Å²) in [6.45, 7) is 8.75. The van der Waals surface area contributed by atoms with E-state index in [0.29, 0.717) is 38.6 Å². The van der Waals surface area contributed by atoms with Crippen LogP contribution in [0.5, 0.6) is 0 Å². The molecule has 2 rings (SSSR count). The van der Waals surface area contributed by atoms with Crippen LogP contribution >= 0.6 is 53.5 Å². The Kier molecular flexibility index (Phi) is 8.40. The minimum Gasteiger partial charge on any atom is -0.323 e. The van der Waals surface area contributed by atoms with Gasteiger partial charge >= 0.3 is 0 Å². The van der Waals surface area contributed by atoms with Crippen LogP contribution < -0.4 is 0 Å². The minimum atomic E-state index is -2.75. The van der Waals surface area contributed by atoms with Gasteiger partial charge in [-0.1, -0.05) is 86.2 Å². The maximum absolute atomic E-state index is 14.2. The van der Waals surface area contributed by atoms with Gasteiger partial charge in [-0.05, 0) is 53.1 Å². The van der Waals surface area contributed by atoms with E-state index in [-0.39, 0.29) is 11.3 Å². The third-order valence-electron chi connectivity index (χ3n) is 4.62. The van der Waals surface area contributed by atoms with Gasteiger partial charge in [-0.15, -0.1) is 0 Å². The van der Waals surface area contributed by atoms with Crippen molar-refractivity contribution in [3.8, 4) is 0 Å². The Bertz CT molecular complexity index is 775. The lowest BCUT2D eigenvalue weighted by Gasteiger charge is -2.28. The van der Waals surface area contributed by atoms with Crippen LogP contribution in [0.2, 0.25) is 20.1 Å². The first-order valence-electron chi connectivity index (χ1n) is 9.33.